The second-order valence-corrected chi connectivity index (χ2v) is 7.08. The minimum Gasteiger partial charge on any atom is -0.379 e. The average molecular weight is 351 g/mol. The van der Waals surface area contributed by atoms with E-state index in [9.17, 15) is 0 Å². The number of nitrogen functional groups attached to an aromatic ring is 1. The third-order valence-corrected chi connectivity index (χ3v) is 5.20. The lowest BCUT2D eigenvalue weighted by Crippen LogP contribution is -2.35. The van der Waals surface area contributed by atoms with Crippen molar-refractivity contribution in [2.24, 2.45) is 0 Å². The maximum absolute atomic E-state index is 5.74. The van der Waals surface area contributed by atoms with Crippen molar-refractivity contribution < 1.29 is 4.74 Å². The fraction of sp³-hybridized carbons (Fsp3) is 0.250. The molecule has 2 N–H and O–H groups in total. The summed E-state index contributed by atoms with van der Waals surface area (Å²) in [6.07, 6.45) is 0. The molecule has 25 heavy (non-hydrogen) atoms. The largest absolute Gasteiger partial charge is 0.379 e. The van der Waals surface area contributed by atoms with Crippen molar-refractivity contribution in [2.45, 2.75) is 6.54 Å². The number of nitrogens with two attached hydrogens (primary N) is 1. The molecule has 128 valence electrons. The molecule has 1 aliphatic heterocycles. The van der Waals surface area contributed by atoms with E-state index in [1.54, 1.807) is 0 Å². The molecule has 5 heteroatoms. The van der Waals surface area contributed by atoms with Crippen LogP contribution in [0, 0.1) is 0 Å². The lowest BCUT2D eigenvalue weighted by atomic mass is 9.98. The number of benzene rings is 2. The molecule has 2 heterocycles. The molecule has 0 spiro atoms. The summed E-state index contributed by atoms with van der Waals surface area (Å²) in [7, 11) is 0. The zero-order chi connectivity index (χ0) is 17.1. The Morgan fingerprint density at radius 1 is 1.00 bits per heavy atom. The highest BCUT2D eigenvalue weighted by Crippen LogP contribution is 2.29. The Kier molecular flexibility index (Phi) is 4.78. The standard InChI is InChI=1S/C20H21N3OS/c21-20-22-19(14-25-20)16-7-5-15(6-8-16)18-4-2-1-3-17(18)13-23-9-11-24-12-10-23/h1-8,14H,9-13H2,(H2,21,22). The third-order valence-electron chi connectivity index (χ3n) is 4.53. The molecule has 4 nitrogen and oxygen atoms in total. The van der Waals surface area contributed by atoms with Crippen LogP contribution in [0.15, 0.2) is 53.9 Å². The second kappa shape index (κ2) is 7.35. The number of morpholine rings is 1. The van der Waals surface area contributed by atoms with Gasteiger partial charge in [0.05, 0.1) is 18.9 Å². The molecule has 3 aromatic rings. The SMILES string of the molecule is Nc1nc(-c2ccc(-c3ccccc3CN3CCOCC3)cc2)cs1. The number of thiazole rings is 1. The summed E-state index contributed by atoms with van der Waals surface area (Å²) in [5.41, 5.74) is 11.7. The van der Waals surface area contributed by atoms with E-state index < -0.39 is 0 Å². The van der Waals surface area contributed by atoms with Crippen molar-refractivity contribution in [1.29, 1.82) is 0 Å². The van der Waals surface area contributed by atoms with Gasteiger partial charge in [0.15, 0.2) is 5.13 Å². The monoisotopic (exact) mass is 351 g/mol. The van der Waals surface area contributed by atoms with Gasteiger partial charge in [-0.3, -0.25) is 4.90 Å². The van der Waals surface area contributed by atoms with Crippen molar-refractivity contribution >= 4 is 16.5 Å². The van der Waals surface area contributed by atoms with E-state index in [0.717, 1.165) is 44.1 Å². The summed E-state index contributed by atoms with van der Waals surface area (Å²) < 4.78 is 5.45. The molecule has 1 saturated heterocycles. The van der Waals surface area contributed by atoms with Crippen LogP contribution in [-0.2, 0) is 11.3 Å². The lowest BCUT2D eigenvalue weighted by molar-refractivity contribution is 0.0342. The number of hydrogen-bond acceptors (Lipinski definition) is 5. The minimum absolute atomic E-state index is 0.606. The van der Waals surface area contributed by atoms with Gasteiger partial charge in [-0.2, -0.15) is 0 Å². The van der Waals surface area contributed by atoms with Crippen molar-refractivity contribution in [3.05, 3.63) is 59.5 Å². The normalized spacial score (nSPS) is 15.4. The van der Waals surface area contributed by atoms with Crippen LogP contribution in [-0.4, -0.2) is 36.2 Å². The summed E-state index contributed by atoms with van der Waals surface area (Å²) in [4.78, 5) is 6.81. The fourth-order valence-corrected chi connectivity index (χ4v) is 3.75. The predicted octanol–water partition coefficient (Wildman–Crippen LogP) is 3.89. The molecular weight excluding hydrogens is 330 g/mol. The summed E-state index contributed by atoms with van der Waals surface area (Å²) >= 11 is 1.47. The molecular formula is C20H21N3OS. The van der Waals surface area contributed by atoms with Gasteiger partial charge >= 0.3 is 0 Å². The van der Waals surface area contributed by atoms with Crippen molar-refractivity contribution in [1.82, 2.24) is 9.88 Å². The summed E-state index contributed by atoms with van der Waals surface area (Å²) in [5, 5.41) is 2.60. The van der Waals surface area contributed by atoms with Crippen LogP contribution in [0.25, 0.3) is 22.4 Å². The Labute approximate surface area is 151 Å². The summed E-state index contributed by atoms with van der Waals surface area (Å²) in [6.45, 7) is 4.61. The highest BCUT2D eigenvalue weighted by Gasteiger charge is 2.13. The first-order valence-electron chi connectivity index (χ1n) is 8.49. The zero-order valence-electron chi connectivity index (χ0n) is 14.0. The molecule has 0 aliphatic carbocycles. The van der Waals surface area contributed by atoms with Crippen molar-refractivity contribution in [2.75, 3.05) is 32.0 Å². The van der Waals surface area contributed by atoms with Crippen LogP contribution in [0.4, 0.5) is 5.13 Å². The van der Waals surface area contributed by atoms with E-state index in [0.29, 0.717) is 5.13 Å². The molecule has 1 aliphatic rings. The average Bonchev–Trinajstić information content (AvgIpc) is 3.10. The van der Waals surface area contributed by atoms with Gasteiger partial charge in [0.1, 0.15) is 0 Å². The topological polar surface area (TPSA) is 51.4 Å². The maximum atomic E-state index is 5.74. The van der Waals surface area contributed by atoms with Gasteiger partial charge in [-0.25, -0.2) is 4.98 Å². The van der Waals surface area contributed by atoms with Gasteiger partial charge < -0.3 is 10.5 Å². The van der Waals surface area contributed by atoms with Gasteiger partial charge in [0.25, 0.3) is 0 Å². The Bertz CT molecular complexity index is 838. The molecule has 0 bridgehead atoms. The van der Waals surface area contributed by atoms with E-state index in [1.165, 1.54) is 28.0 Å². The first-order valence-corrected chi connectivity index (χ1v) is 9.37. The predicted molar refractivity (Wildman–Crippen MR) is 103 cm³/mol. The number of ether oxygens (including phenoxy) is 1. The molecule has 4 rings (SSSR count). The van der Waals surface area contributed by atoms with E-state index in [4.69, 9.17) is 10.5 Å². The molecule has 1 aromatic heterocycles. The molecule has 0 saturated carbocycles. The van der Waals surface area contributed by atoms with E-state index >= 15 is 0 Å². The third kappa shape index (κ3) is 3.74. The van der Waals surface area contributed by atoms with Gasteiger partial charge in [-0.05, 0) is 16.7 Å². The smallest absolute Gasteiger partial charge is 0.180 e. The molecule has 0 unspecified atom stereocenters. The van der Waals surface area contributed by atoms with Crippen LogP contribution in [0.3, 0.4) is 0 Å². The van der Waals surface area contributed by atoms with Gasteiger partial charge in [0, 0.05) is 30.6 Å². The maximum Gasteiger partial charge on any atom is 0.180 e. The molecule has 0 amide bonds. The number of aromatic nitrogens is 1. The van der Waals surface area contributed by atoms with Crippen molar-refractivity contribution in [3.63, 3.8) is 0 Å². The Morgan fingerprint density at radius 2 is 1.72 bits per heavy atom. The van der Waals surface area contributed by atoms with Gasteiger partial charge in [-0.15, -0.1) is 11.3 Å². The zero-order valence-corrected chi connectivity index (χ0v) is 14.8. The highest BCUT2D eigenvalue weighted by molar-refractivity contribution is 7.13. The number of anilines is 1. The number of hydrogen-bond donors (Lipinski definition) is 1. The quantitative estimate of drug-likeness (QED) is 0.775. The van der Waals surface area contributed by atoms with Crippen LogP contribution < -0.4 is 5.73 Å². The van der Waals surface area contributed by atoms with Crippen LogP contribution >= 0.6 is 11.3 Å². The van der Waals surface area contributed by atoms with Crippen molar-refractivity contribution in [3.8, 4) is 22.4 Å². The first-order chi connectivity index (χ1) is 12.3. The van der Waals surface area contributed by atoms with Crippen LogP contribution in [0.1, 0.15) is 5.56 Å². The molecule has 0 atom stereocenters. The van der Waals surface area contributed by atoms with Crippen LogP contribution in [0.2, 0.25) is 0 Å². The number of nitrogens with zero attached hydrogens (tertiary/aromatic N) is 2. The second-order valence-electron chi connectivity index (χ2n) is 6.19. The molecule has 1 fully saturated rings. The summed E-state index contributed by atoms with van der Waals surface area (Å²) in [6, 6.07) is 17.2. The molecule has 2 aromatic carbocycles. The van der Waals surface area contributed by atoms with Crippen LogP contribution in [0.5, 0.6) is 0 Å². The fourth-order valence-electron chi connectivity index (χ4n) is 3.18. The highest BCUT2D eigenvalue weighted by atomic mass is 32.1. The lowest BCUT2D eigenvalue weighted by Gasteiger charge is -2.27. The Hall–Kier alpha value is -2.21. The van der Waals surface area contributed by atoms with Gasteiger partial charge in [-0.1, -0.05) is 48.5 Å². The summed E-state index contributed by atoms with van der Waals surface area (Å²) in [5.74, 6) is 0. The number of rotatable bonds is 4. The minimum atomic E-state index is 0.606. The molecule has 0 radical (unpaired) electrons. The first kappa shape index (κ1) is 16.3. The Morgan fingerprint density at radius 3 is 2.44 bits per heavy atom. The van der Waals surface area contributed by atoms with Gasteiger partial charge in [0.2, 0.25) is 0 Å². The van der Waals surface area contributed by atoms with E-state index in [-0.39, 0.29) is 0 Å². The van der Waals surface area contributed by atoms with E-state index in [2.05, 4.69) is 58.4 Å². The van der Waals surface area contributed by atoms with E-state index in [1.807, 2.05) is 5.38 Å². The Balaban J connectivity index is 1.59.